The van der Waals surface area contributed by atoms with Gasteiger partial charge < -0.3 is 14.2 Å². The van der Waals surface area contributed by atoms with Gasteiger partial charge in [-0.05, 0) is 42.8 Å². The Hall–Kier alpha value is -3.38. The minimum absolute atomic E-state index is 0.0666. The number of amides is 1. The van der Waals surface area contributed by atoms with Crippen molar-refractivity contribution in [1.82, 2.24) is 19.4 Å². The number of aromatic nitrogens is 3. The van der Waals surface area contributed by atoms with Crippen LogP contribution in [-0.4, -0.2) is 39.0 Å². The fraction of sp³-hybridized carbons (Fsp3) is 0.208. The van der Waals surface area contributed by atoms with Crippen molar-refractivity contribution in [2.75, 3.05) is 13.7 Å². The van der Waals surface area contributed by atoms with Crippen molar-refractivity contribution in [3.05, 3.63) is 89.5 Å². The van der Waals surface area contributed by atoms with Crippen LogP contribution in [0.5, 0.6) is 5.75 Å². The molecule has 0 bridgehead atoms. The highest BCUT2D eigenvalue weighted by Crippen LogP contribution is 2.23. The number of ether oxygens (including phenoxy) is 1. The lowest BCUT2D eigenvalue weighted by Gasteiger charge is -2.18. The second-order valence-corrected chi connectivity index (χ2v) is 7.61. The van der Waals surface area contributed by atoms with E-state index in [9.17, 15) is 4.79 Å². The number of pyridine rings is 1. The van der Waals surface area contributed by atoms with Crippen molar-refractivity contribution in [2.45, 2.75) is 19.5 Å². The summed E-state index contributed by atoms with van der Waals surface area (Å²) >= 11 is 6.16. The van der Waals surface area contributed by atoms with E-state index in [1.807, 2.05) is 48.5 Å². The molecule has 0 spiro atoms. The van der Waals surface area contributed by atoms with Crippen molar-refractivity contribution in [3.63, 3.8) is 0 Å². The third-order valence-electron chi connectivity index (χ3n) is 5.01. The average molecular weight is 435 g/mol. The first-order chi connectivity index (χ1) is 15.1. The van der Waals surface area contributed by atoms with E-state index in [0.29, 0.717) is 29.5 Å². The predicted molar refractivity (Wildman–Crippen MR) is 121 cm³/mol. The maximum atomic E-state index is 12.8. The minimum atomic E-state index is -0.0666. The molecule has 0 N–H and O–H groups in total. The number of hydrogen-bond acceptors (Lipinski definition) is 4. The number of rotatable bonds is 8. The fourth-order valence-electron chi connectivity index (χ4n) is 3.46. The molecule has 0 saturated carbocycles. The lowest BCUT2D eigenvalue weighted by atomic mass is 10.2. The number of hydrogen-bond donors (Lipinski definition) is 0. The van der Waals surface area contributed by atoms with Crippen LogP contribution in [0.4, 0.5) is 0 Å². The number of benzene rings is 2. The summed E-state index contributed by atoms with van der Waals surface area (Å²) in [6.45, 7) is 1.65. The van der Waals surface area contributed by atoms with Crippen molar-refractivity contribution in [2.24, 2.45) is 0 Å². The van der Waals surface area contributed by atoms with E-state index >= 15 is 0 Å². The van der Waals surface area contributed by atoms with Crippen LogP contribution >= 0.6 is 11.6 Å². The van der Waals surface area contributed by atoms with Crippen LogP contribution in [0.25, 0.3) is 11.0 Å². The van der Waals surface area contributed by atoms with Crippen LogP contribution in [0.1, 0.15) is 22.6 Å². The zero-order valence-electron chi connectivity index (χ0n) is 17.2. The van der Waals surface area contributed by atoms with Gasteiger partial charge in [0.25, 0.3) is 5.91 Å². The minimum Gasteiger partial charge on any atom is -0.492 e. The Morgan fingerprint density at radius 3 is 2.61 bits per heavy atom. The van der Waals surface area contributed by atoms with Crippen LogP contribution in [0.15, 0.2) is 73.1 Å². The molecule has 0 saturated heterocycles. The molecule has 2 aromatic carbocycles. The van der Waals surface area contributed by atoms with Gasteiger partial charge in [-0.25, -0.2) is 4.98 Å². The summed E-state index contributed by atoms with van der Waals surface area (Å²) in [5.41, 5.74) is 2.56. The van der Waals surface area contributed by atoms with E-state index in [1.165, 1.54) is 0 Å². The lowest BCUT2D eigenvalue weighted by molar-refractivity contribution is 0.0780. The molecule has 158 valence electrons. The summed E-state index contributed by atoms with van der Waals surface area (Å²) in [4.78, 5) is 23.2. The topological polar surface area (TPSA) is 60.2 Å². The molecule has 7 heteroatoms. The van der Waals surface area contributed by atoms with Gasteiger partial charge >= 0.3 is 0 Å². The highest BCUT2D eigenvalue weighted by molar-refractivity contribution is 6.32. The summed E-state index contributed by atoms with van der Waals surface area (Å²) in [5.74, 6) is 1.45. The van der Waals surface area contributed by atoms with Crippen molar-refractivity contribution >= 4 is 28.5 Å². The van der Waals surface area contributed by atoms with E-state index in [1.54, 1.807) is 36.5 Å². The Bertz CT molecular complexity index is 1180. The molecule has 0 aliphatic rings. The number of imidazole rings is 1. The molecule has 1 amide bonds. The second kappa shape index (κ2) is 9.62. The van der Waals surface area contributed by atoms with Gasteiger partial charge in [-0.3, -0.25) is 9.78 Å². The number of carbonyl (C=O) groups excluding carboxylic acids is 1. The van der Waals surface area contributed by atoms with E-state index < -0.39 is 0 Å². The smallest absolute Gasteiger partial charge is 0.254 e. The van der Waals surface area contributed by atoms with Crippen molar-refractivity contribution < 1.29 is 9.53 Å². The van der Waals surface area contributed by atoms with Gasteiger partial charge in [-0.1, -0.05) is 35.9 Å². The number of aryl methyl sites for hydroxylation is 1. The molecule has 0 unspecified atom stereocenters. The number of fused-ring (bicyclic) bond motifs is 1. The van der Waals surface area contributed by atoms with E-state index in [0.717, 1.165) is 29.8 Å². The second-order valence-electron chi connectivity index (χ2n) is 7.20. The van der Waals surface area contributed by atoms with Gasteiger partial charge in [0.1, 0.15) is 11.6 Å². The molecule has 4 aromatic rings. The standard InChI is InChI=1S/C24H23ClN4O2/c1-28(24(30)18-11-13-26-14-12-18)17-23-27-20-8-3-4-9-21(20)29(23)15-6-16-31-22-10-5-2-7-19(22)25/h2-5,7-14H,6,15-17H2,1H3. The predicted octanol–water partition coefficient (Wildman–Crippen LogP) is 4.83. The molecular formula is C24H23ClN4O2. The first kappa shape index (κ1) is 20.9. The van der Waals surface area contributed by atoms with Gasteiger partial charge in [0.2, 0.25) is 0 Å². The lowest BCUT2D eigenvalue weighted by Crippen LogP contribution is -2.28. The molecule has 0 atom stereocenters. The van der Waals surface area contributed by atoms with Crippen LogP contribution in [0.3, 0.4) is 0 Å². The maximum Gasteiger partial charge on any atom is 0.254 e. The largest absolute Gasteiger partial charge is 0.492 e. The molecule has 0 fully saturated rings. The normalized spacial score (nSPS) is 10.9. The fourth-order valence-corrected chi connectivity index (χ4v) is 3.65. The summed E-state index contributed by atoms with van der Waals surface area (Å²) in [7, 11) is 1.78. The summed E-state index contributed by atoms with van der Waals surface area (Å²) in [6, 6.07) is 18.9. The number of halogens is 1. The Labute approximate surface area is 186 Å². The summed E-state index contributed by atoms with van der Waals surface area (Å²) < 4.78 is 7.98. The maximum absolute atomic E-state index is 12.8. The van der Waals surface area contributed by atoms with Crippen LogP contribution in [-0.2, 0) is 13.1 Å². The zero-order valence-corrected chi connectivity index (χ0v) is 18.0. The first-order valence-corrected chi connectivity index (χ1v) is 10.5. The molecule has 2 heterocycles. The third-order valence-corrected chi connectivity index (χ3v) is 5.32. The molecule has 2 aromatic heterocycles. The molecule has 0 radical (unpaired) electrons. The summed E-state index contributed by atoms with van der Waals surface area (Å²) in [5, 5.41) is 0.604. The highest BCUT2D eigenvalue weighted by Gasteiger charge is 2.17. The van der Waals surface area contributed by atoms with Gasteiger partial charge in [-0.15, -0.1) is 0 Å². The Balaban J connectivity index is 1.48. The monoisotopic (exact) mass is 434 g/mol. The van der Waals surface area contributed by atoms with Gasteiger partial charge in [0, 0.05) is 31.5 Å². The van der Waals surface area contributed by atoms with E-state index in [2.05, 4.69) is 9.55 Å². The van der Waals surface area contributed by atoms with Gasteiger partial charge in [-0.2, -0.15) is 0 Å². The molecule has 0 aliphatic heterocycles. The van der Waals surface area contributed by atoms with Crippen LogP contribution in [0, 0.1) is 0 Å². The molecule has 0 aliphatic carbocycles. The van der Waals surface area contributed by atoms with E-state index in [-0.39, 0.29) is 5.91 Å². The Morgan fingerprint density at radius 1 is 1.06 bits per heavy atom. The van der Waals surface area contributed by atoms with Gasteiger partial charge in [0.05, 0.1) is 29.2 Å². The molecule has 4 rings (SSSR count). The quantitative estimate of drug-likeness (QED) is 0.373. The Kier molecular flexibility index (Phi) is 6.48. The molecule has 31 heavy (non-hydrogen) atoms. The zero-order chi connectivity index (χ0) is 21.6. The van der Waals surface area contributed by atoms with E-state index in [4.69, 9.17) is 21.3 Å². The first-order valence-electron chi connectivity index (χ1n) is 10.1. The number of para-hydroxylation sites is 3. The molecular weight excluding hydrogens is 412 g/mol. The van der Waals surface area contributed by atoms with Crippen LogP contribution < -0.4 is 4.74 Å². The van der Waals surface area contributed by atoms with Gasteiger partial charge in [0.15, 0.2) is 0 Å². The Morgan fingerprint density at radius 2 is 1.81 bits per heavy atom. The van der Waals surface area contributed by atoms with Crippen LogP contribution in [0.2, 0.25) is 5.02 Å². The van der Waals surface area contributed by atoms with Crippen molar-refractivity contribution in [1.29, 1.82) is 0 Å². The SMILES string of the molecule is CN(Cc1nc2ccccc2n1CCCOc1ccccc1Cl)C(=O)c1ccncc1. The number of nitrogens with zero attached hydrogens (tertiary/aromatic N) is 4. The third kappa shape index (κ3) is 4.86. The number of carbonyl (C=O) groups is 1. The molecule has 6 nitrogen and oxygen atoms in total. The summed E-state index contributed by atoms with van der Waals surface area (Å²) in [6.07, 6.45) is 4.02. The average Bonchev–Trinajstić information content (AvgIpc) is 3.14. The van der Waals surface area contributed by atoms with Crippen molar-refractivity contribution in [3.8, 4) is 5.75 Å². The highest BCUT2D eigenvalue weighted by atomic mass is 35.5.